The number of hydrogen-bond donors (Lipinski definition) is 2. The first-order chi connectivity index (χ1) is 13.2. The average molecular weight is 518 g/mol. The highest BCUT2D eigenvalue weighted by atomic mass is 127. The third-order valence-corrected chi connectivity index (χ3v) is 4.51. The number of nitrogens with one attached hydrogen (secondary N) is 2. The number of para-hydroxylation sites is 1. The molecule has 8 heteroatoms. The number of aliphatic imine (C=N–C) groups is 1. The van der Waals surface area contributed by atoms with E-state index in [9.17, 15) is 0 Å². The maximum absolute atomic E-state index is 6.29. The zero-order chi connectivity index (χ0) is 19.1. The highest BCUT2D eigenvalue weighted by molar-refractivity contribution is 14.0. The van der Waals surface area contributed by atoms with Crippen LogP contribution in [0.4, 0.5) is 0 Å². The lowest BCUT2D eigenvalue weighted by Gasteiger charge is -2.20. The summed E-state index contributed by atoms with van der Waals surface area (Å²) in [5, 5.41) is 7.19. The Morgan fingerprint density at radius 2 is 1.96 bits per heavy atom. The van der Waals surface area contributed by atoms with Crippen LogP contribution in [0.25, 0.3) is 0 Å². The molecule has 0 amide bonds. The van der Waals surface area contributed by atoms with E-state index >= 15 is 0 Å². The minimum atomic E-state index is 0. The molecule has 2 aromatic carbocycles. The SMILES string of the molecule is CN=C(NCCc1cc(Cl)c2c(c1)OCCO2)NCc1ccccc1OC.I. The van der Waals surface area contributed by atoms with Gasteiger partial charge in [-0.05, 0) is 30.2 Å². The van der Waals surface area contributed by atoms with Crippen molar-refractivity contribution in [2.75, 3.05) is 33.9 Å². The second-order valence-electron chi connectivity index (χ2n) is 6.02. The Hall–Kier alpha value is -1.87. The molecule has 0 unspecified atom stereocenters. The smallest absolute Gasteiger partial charge is 0.191 e. The summed E-state index contributed by atoms with van der Waals surface area (Å²) in [6.07, 6.45) is 0.783. The van der Waals surface area contributed by atoms with Gasteiger partial charge in [-0.1, -0.05) is 29.8 Å². The van der Waals surface area contributed by atoms with Crippen molar-refractivity contribution in [1.82, 2.24) is 10.6 Å². The molecule has 0 aromatic heterocycles. The molecule has 1 aliphatic heterocycles. The summed E-state index contributed by atoms with van der Waals surface area (Å²) in [6, 6.07) is 11.8. The maximum atomic E-state index is 6.29. The molecule has 0 aliphatic carbocycles. The summed E-state index contributed by atoms with van der Waals surface area (Å²) in [5.41, 5.74) is 2.15. The molecule has 6 nitrogen and oxygen atoms in total. The third kappa shape index (κ3) is 5.81. The van der Waals surface area contributed by atoms with Crippen LogP contribution in [0.15, 0.2) is 41.4 Å². The topological polar surface area (TPSA) is 64.1 Å². The molecule has 28 heavy (non-hydrogen) atoms. The van der Waals surface area contributed by atoms with Gasteiger partial charge in [-0.2, -0.15) is 0 Å². The maximum Gasteiger partial charge on any atom is 0.191 e. The van der Waals surface area contributed by atoms with Crippen LogP contribution in [-0.2, 0) is 13.0 Å². The first kappa shape index (κ1) is 22.4. The molecular formula is C20H25ClIN3O3. The van der Waals surface area contributed by atoms with E-state index < -0.39 is 0 Å². The predicted molar refractivity (Wildman–Crippen MR) is 123 cm³/mol. The normalized spacial score (nSPS) is 12.8. The molecule has 152 valence electrons. The number of ether oxygens (including phenoxy) is 3. The van der Waals surface area contributed by atoms with Crippen molar-refractivity contribution in [3.8, 4) is 17.2 Å². The van der Waals surface area contributed by atoms with Crippen molar-refractivity contribution in [2.45, 2.75) is 13.0 Å². The van der Waals surface area contributed by atoms with Crippen LogP contribution in [0.5, 0.6) is 17.2 Å². The zero-order valence-corrected chi connectivity index (χ0v) is 19.0. The van der Waals surface area contributed by atoms with Crippen molar-refractivity contribution in [3.63, 3.8) is 0 Å². The second kappa shape index (κ2) is 11.2. The summed E-state index contributed by atoms with van der Waals surface area (Å²) in [6.45, 7) is 2.41. The van der Waals surface area contributed by atoms with Crippen LogP contribution < -0.4 is 24.8 Å². The highest BCUT2D eigenvalue weighted by Gasteiger charge is 2.16. The molecule has 0 fully saturated rings. The molecule has 0 saturated heterocycles. The van der Waals surface area contributed by atoms with Crippen LogP contribution in [0.2, 0.25) is 5.02 Å². The van der Waals surface area contributed by atoms with Crippen molar-refractivity contribution < 1.29 is 14.2 Å². The molecule has 0 saturated carbocycles. The van der Waals surface area contributed by atoms with Crippen LogP contribution in [0, 0.1) is 0 Å². The zero-order valence-electron chi connectivity index (χ0n) is 16.0. The average Bonchev–Trinajstić information content (AvgIpc) is 2.71. The first-order valence-electron chi connectivity index (χ1n) is 8.85. The number of halogens is 2. The highest BCUT2D eigenvalue weighted by Crippen LogP contribution is 2.38. The fourth-order valence-corrected chi connectivity index (χ4v) is 3.17. The van der Waals surface area contributed by atoms with Crippen molar-refractivity contribution in [2.24, 2.45) is 4.99 Å². The number of fused-ring (bicyclic) bond motifs is 1. The van der Waals surface area contributed by atoms with Gasteiger partial charge in [0.15, 0.2) is 17.5 Å². The molecule has 0 bridgehead atoms. The Balaban J connectivity index is 0.00000280. The Morgan fingerprint density at radius 3 is 2.75 bits per heavy atom. The van der Waals surface area contributed by atoms with Gasteiger partial charge in [0.2, 0.25) is 0 Å². The largest absolute Gasteiger partial charge is 0.496 e. The van der Waals surface area contributed by atoms with E-state index in [0.29, 0.717) is 42.8 Å². The van der Waals surface area contributed by atoms with E-state index in [4.69, 9.17) is 25.8 Å². The van der Waals surface area contributed by atoms with Crippen molar-refractivity contribution >= 4 is 41.5 Å². The third-order valence-electron chi connectivity index (χ3n) is 4.23. The molecule has 2 N–H and O–H groups in total. The minimum Gasteiger partial charge on any atom is -0.496 e. The summed E-state index contributed by atoms with van der Waals surface area (Å²) in [7, 11) is 3.42. The first-order valence-corrected chi connectivity index (χ1v) is 9.23. The summed E-state index contributed by atoms with van der Waals surface area (Å²) in [4.78, 5) is 4.26. The van der Waals surface area contributed by atoms with Crippen molar-refractivity contribution in [3.05, 3.63) is 52.5 Å². The lowest BCUT2D eigenvalue weighted by atomic mass is 10.1. The Labute approximate surface area is 187 Å². The molecule has 0 radical (unpaired) electrons. The van der Waals surface area contributed by atoms with Gasteiger partial charge in [-0.3, -0.25) is 4.99 Å². The number of guanidine groups is 1. The van der Waals surface area contributed by atoms with Crippen molar-refractivity contribution in [1.29, 1.82) is 0 Å². The molecule has 1 heterocycles. The standard InChI is InChI=1S/C20H24ClN3O3.HI/c1-22-20(24-13-15-5-3-4-6-17(15)25-2)23-8-7-14-11-16(21)19-18(12-14)26-9-10-27-19;/h3-6,11-12H,7-10,13H2,1-2H3,(H2,22,23,24);1H. The van der Waals surface area contributed by atoms with Gasteiger partial charge in [0.1, 0.15) is 19.0 Å². The van der Waals surface area contributed by atoms with Gasteiger partial charge in [-0.15, -0.1) is 24.0 Å². The van der Waals surface area contributed by atoms with Gasteiger partial charge in [0, 0.05) is 25.7 Å². The van der Waals surface area contributed by atoms with Gasteiger partial charge >= 0.3 is 0 Å². The van der Waals surface area contributed by atoms with Crippen LogP contribution >= 0.6 is 35.6 Å². The van der Waals surface area contributed by atoms with E-state index in [1.54, 1.807) is 14.2 Å². The van der Waals surface area contributed by atoms with E-state index in [1.165, 1.54) is 0 Å². The van der Waals surface area contributed by atoms with Gasteiger partial charge < -0.3 is 24.8 Å². The monoisotopic (exact) mass is 517 g/mol. The summed E-state index contributed by atoms with van der Waals surface area (Å²) < 4.78 is 16.5. The lowest BCUT2D eigenvalue weighted by molar-refractivity contribution is 0.171. The number of methoxy groups -OCH3 is 1. The quantitative estimate of drug-likeness (QED) is 0.348. The van der Waals surface area contributed by atoms with E-state index in [-0.39, 0.29) is 24.0 Å². The fraction of sp³-hybridized carbons (Fsp3) is 0.350. The van der Waals surface area contributed by atoms with Gasteiger partial charge in [-0.25, -0.2) is 0 Å². The number of nitrogens with zero attached hydrogens (tertiary/aromatic N) is 1. The lowest BCUT2D eigenvalue weighted by Crippen LogP contribution is -2.37. The van der Waals surface area contributed by atoms with Crippen LogP contribution in [-0.4, -0.2) is 39.9 Å². The van der Waals surface area contributed by atoms with E-state index in [1.807, 2.05) is 36.4 Å². The molecule has 1 aliphatic rings. The Morgan fingerprint density at radius 1 is 1.18 bits per heavy atom. The minimum absolute atomic E-state index is 0. The number of rotatable bonds is 6. The molecule has 0 atom stereocenters. The Bertz CT molecular complexity index is 817. The Kier molecular flexibility index (Phi) is 8.98. The predicted octanol–water partition coefficient (Wildman–Crippen LogP) is 3.65. The van der Waals surface area contributed by atoms with Gasteiger partial charge in [0.25, 0.3) is 0 Å². The number of benzene rings is 2. The van der Waals surface area contributed by atoms with Crippen LogP contribution in [0.1, 0.15) is 11.1 Å². The molecule has 2 aromatic rings. The van der Waals surface area contributed by atoms with Gasteiger partial charge in [0.05, 0.1) is 12.1 Å². The summed E-state index contributed by atoms with van der Waals surface area (Å²) >= 11 is 6.29. The molecule has 3 rings (SSSR count). The second-order valence-corrected chi connectivity index (χ2v) is 6.42. The fourth-order valence-electron chi connectivity index (χ4n) is 2.88. The molecule has 0 spiro atoms. The number of hydrogen-bond acceptors (Lipinski definition) is 4. The van der Waals surface area contributed by atoms with Crippen LogP contribution in [0.3, 0.4) is 0 Å². The van der Waals surface area contributed by atoms with E-state index in [0.717, 1.165) is 29.3 Å². The molecular weight excluding hydrogens is 493 g/mol. The van der Waals surface area contributed by atoms with E-state index in [2.05, 4.69) is 15.6 Å². The summed E-state index contributed by atoms with van der Waals surface area (Å²) in [5.74, 6) is 2.92.